The van der Waals surface area contributed by atoms with Gasteiger partial charge in [0.1, 0.15) is 5.75 Å². The Morgan fingerprint density at radius 2 is 1.67 bits per heavy atom. The highest BCUT2D eigenvalue weighted by atomic mass is 32.2. The van der Waals surface area contributed by atoms with Crippen LogP contribution < -0.4 is 9.46 Å². The Morgan fingerprint density at radius 1 is 1.07 bits per heavy atom. The van der Waals surface area contributed by atoms with Crippen LogP contribution in [0.1, 0.15) is 37.4 Å². The zero-order valence-electron chi connectivity index (χ0n) is 16.1. The van der Waals surface area contributed by atoms with E-state index in [1.807, 2.05) is 45.0 Å². The van der Waals surface area contributed by atoms with E-state index < -0.39 is 16.1 Å². The highest BCUT2D eigenvalue weighted by Gasteiger charge is 2.28. The van der Waals surface area contributed by atoms with Crippen molar-refractivity contribution in [2.45, 2.75) is 44.2 Å². The molecule has 0 spiro atoms. The number of sulfonamides is 1. The average Bonchev–Trinajstić information content (AvgIpc) is 2.65. The number of hydrogen-bond acceptors (Lipinski definition) is 3. The van der Waals surface area contributed by atoms with E-state index in [0.717, 1.165) is 16.9 Å². The first-order valence-electron chi connectivity index (χ1n) is 8.86. The van der Waals surface area contributed by atoms with Crippen LogP contribution in [0.2, 0.25) is 0 Å². The van der Waals surface area contributed by atoms with Crippen LogP contribution in [0.3, 0.4) is 0 Å². The zero-order chi connectivity index (χ0) is 20.0. The Morgan fingerprint density at radius 3 is 2.15 bits per heavy atom. The highest BCUT2D eigenvalue weighted by Crippen LogP contribution is 2.27. The standard InChI is InChI=1S/C21H26N2O3S/c1-15(2)20(23-27(24,25)19-12-6-16(3)7-13-19)14-21(22-4)17-8-10-18(26-5)11-9-17/h6-13,15,20-21,23H,14H2,1-3,5H3/t20-,21-/m0/s1. The topological polar surface area (TPSA) is 59.8 Å². The van der Waals surface area contributed by atoms with Crippen LogP contribution in [-0.2, 0) is 10.0 Å². The summed E-state index contributed by atoms with van der Waals surface area (Å²) in [5.74, 6) is 0.774. The lowest BCUT2D eigenvalue weighted by Gasteiger charge is -2.23. The third-order valence-electron chi connectivity index (χ3n) is 4.58. The first-order chi connectivity index (χ1) is 12.8. The maximum absolute atomic E-state index is 12.7. The van der Waals surface area contributed by atoms with Gasteiger partial charge < -0.3 is 9.58 Å². The molecule has 0 aliphatic heterocycles. The van der Waals surface area contributed by atoms with Crippen molar-refractivity contribution in [1.29, 1.82) is 0 Å². The third-order valence-corrected chi connectivity index (χ3v) is 6.08. The van der Waals surface area contributed by atoms with Gasteiger partial charge in [-0.25, -0.2) is 19.7 Å². The maximum Gasteiger partial charge on any atom is 0.250 e. The van der Waals surface area contributed by atoms with Crippen LogP contribution in [0.5, 0.6) is 5.75 Å². The lowest BCUT2D eigenvalue weighted by Crippen LogP contribution is -2.39. The van der Waals surface area contributed by atoms with Crippen LogP contribution in [-0.4, -0.2) is 21.6 Å². The third kappa shape index (κ3) is 5.56. The minimum absolute atomic E-state index is 0.0488. The van der Waals surface area contributed by atoms with Gasteiger partial charge in [0.2, 0.25) is 16.1 Å². The average molecular weight is 387 g/mol. The number of benzene rings is 2. The molecule has 0 amide bonds. The second-order valence-electron chi connectivity index (χ2n) is 6.94. The van der Waals surface area contributed by atoms with Gasteiger partial charge >= 0.3 is 0 Å². The Labute approximate surface area is 162 Å². The van der Waals surface area contributed by atoms with Crippen molar-refractivity contribution in [3.63, 3.8) is 0 Å². The summed E-state index contributed by atoms with van der Waals surface area (Å²) in [5, 5.41) is 0. The predicted molar refractivity (Wildman–Crippen MR) is 107 cm³/mol. The Kier molecular flexibility index (Phi) is 7.00. The van der Waals surface area contributed by atoms with E-state index in [4.69, 9.17) is 11.3 Å². The second kappa shape index (κ2) is 9.03. The van der Waals surface area contributed by atoms with Gasteiger partial charge in [-0.3, -0.25) is 0 Å². The molecule has 0 aliphatic rings. The molecule has 0 saturated heterocycles. The van der Waals surface area contributed by atoms with Crippen LogP contribution >= 0.6 is 0 Å². The molecular weight excluding hydrogens is 360 g/mol. The quantitative estimate of drug-likeness (QED) is 0.686. The fourth-order valence-corrected chi connectivity index (χ4v) is 4.17. The van der Waals surface area contributed by atoms with Crippen molar-refractivity contribution in [2.24, 2.45) is 5.92 Å². The number of nitrogens with zero attached hydrogens (tertiary/aromatic N) is 1. The summed E-state index contributed by atoms with van der Waals surface area (Å²) in [6, 6.07) is 13.3. The molecule has 0 radical (unpaired) electrons. The predicted octanol–water partition coefficient (Wildman–Crippen LogP) is 4.36. The van der Waals surface area contributed by atoms with Crippen LogP contribution in [0.4, 0.5) is 0 Å². The molecule has 144 valence electrons. The number of aryl methyl sites for hydroxylation is 1. The second-order valence-corrected chi connectivity index (χ2v) is 8.65. The monoisotopic (exact) mass is 386 g/mol. The molecule has 0 fully saturated rings. The number of ether oxygens (including phenoxy) is 1. The fourth-order valence-electron chi connectivity index (χ4n) is 2.77. The SMILES string of the molecule is [C-]#[N+][C@@H](C[C@H](NS(=O)(=O)c1ccc(C)cc1)C(C)C)c1ccc(OC)cc1. The Balaban J connectivity index is 2.20. The largest absolute Gasteiger partial charge is 0.497 e. The van der Waals surface area contributed by atoms with Crippen molar-refractivity contribution >= 4 is 10.0 Å². The van der Waals surface area contributed by atoms with Crippen molar-refractivity contribution in [2.75, 3.05) is 7.11 Å². The molecule has 0 aliphatic carbocycles. The van der Waals surface area contributed by atoms with Gasteiger partial charge in [-0.2, -0.15) is 0 Å². The van der Waals surface area contributed by atoms with Gasteiger partial charge in [0.25, 0.3) is 0 Å². The molecule has 2 rings (SSSR count). The molecule has 2 aromatic carbocycles. The molecule has 0 heterocycles. The molecule has 5 nitrogen and oxygen atoms in total. The van der Waals surface area contributed by atoms with Gasteiger partial charge in [-0.15, -0.1) is 0 Å². The first kappa shape index (κ1) is 20.9. The summed E-state index contributed by atoms with van der Waals surface area (Å²) < 4.78 is 33.4. The number of hydrogen-bond donors (Lipinski definition) is 1. The first-order valence-corrected chi connectivity index (χ1v) is 10.3. The van der Waals surface area contributed by atoms with Gasteiger partial charge in [0.05, 0.1) is 12.0 Å². The molecule has 0 unspecified atom stereocenters. The zero-order valence-corrected chi connectivity index (χ0v) is 17.0. The molecule has 27 heavy (non-hydrogen) atoms. The molecule has 0 saturated carbocycles. The summed E-state index contributed by atoms with van der Waals surface area (Å²) >= 11 is 0. The fraction of sp³-hybridized carbons (Fsp3) is 0.381. The Hall–Kier alpha value is -2.36. The van der Waals surface area contributed by atoms with Crippen LogP contribution in [0, 0.1) is 19.4 Å². The summed E-state index contributed by atoms with van der Waals surface area (Å²) in [5.41, 5.74) is 1.85. The summed E-state index contributed by atoms with van der Waals surface area (Å²) in [4.78, 5) is 3.96. The van der Waals surface area contributed by atoms with E-state index >= 15 is 0 Å². The molecule has 0 aromatic heterocycles. The summed E-state index contributed by atoms with van der Waals surface area (Å²) in [7, 11) is -2.05. The van der Waals surface area contributed by atoms with Gasteiger partial charge in [0, 0.05) is 18.0 Å². The maximum atomic E-state index is 12.7. The van der Waals surface area contributed by atoms with E-state index in [1.54, 1.807) is 31.4 Å². The van der Waals surface area contributed by atoms with Crippen molar-refractivity contribution in [1.82, 2.24) is 4.72 Å². The molecule has 1 N–H and O–H groups in total. The number of nitrogens with one attached hydrogen (secondary N) is 1. The van der Waals surface area contributed by atoms with Crippen LogP contribution in [0.15, 0.2) is 53.4 Å². The molecule has 2 atom stereocenters. The van der Waals surface area contributed by atoms with Crippen molar-refractivity contribution < 1.29 is 13.2 Å². The lowest BCUT2D eigenvalue weighted by molar-refractivity contribution is 0.408. The van der Waals surface area contributed by atoms with Gasteiger partial charge in [0.15, 0.2) is 0 Å². The van der Waals surface area contributed by atoms with E-state index in [-0.39, 0.29) is 16.9 Å². The summed E-state index contributed by atoms with van der Waals surface area (Å²) in [6.07, 6.45) is 0.401. The Bertz CT molecular complexity index is 883. The van der Waals surface area contributed by atoms with E-state index in [1.165, 1.54) is 0 Å². The normalized spacial score (nSPS) is 13.8. The minimum Gasteiger partial charge on any atom is -0.497 e. The van der Waals surface area contributed by atoms with E-state index in [2.05, 4.69) is 9.57 Å². The highest BCUT2D eigenvalue weighted by molar-refractivity contribution is 7.89. The lowest BCUT2D eigenvalue weighted by atomic mass is 9.94. The van der Waals surface area contributed by atoms with E-state index in [9.17, 15) is 8.42 Å². The minimum atomic E-state index is -3.64. The molecule has 2 aromatic rings. The molecule has 6 heteroatoms. The number of methoxy groups -OCH3 is 1. The van der Waals surface area contributed by atoms with E-state index in [0.29, 0.717) is 6.42 Å². The van der Waals surface area contributed by atoms with Crippen LogP contribution in [0.25, 0.3) is 4.85 Å². The summed E-state index contributed by atoms with van der Waals surface area (Å²) in [6.45, 7) is 13.4. The van der Waals surface area contributed by atoms with Gasteiger partial charge in [-0.1, -0.05) is 31.5 Å². The molecule has 0 bridgehead atoms. The van der Waals surface area contributed by atoms with Crippen molar-refractivity contribution in [3.05, 3.63) is 71.1 Å². The smallest absolute Gasteiger partial charge is 0.250 e. The number of rotatable bonds is 8. The molecular formula is C21H26N2O3S. The van der Waals surface area contributed by atoms with Crippen molar-refractivity contribution in [3.8, 4) is 5.75 Å². The van der Waals surface area contributed by atoms with Gasteiger partial charge in [-0.05, 0) is 49.2 Å².